The van der Waals surface area contributed by atoms with Crippen LogP contribution in [0.5, 0.6) is 0 Å². The third kappa shape index (κ3) is 10.1. The molecule has 7 rings (SSSR count). The summed E-state index contributed by atoms with van der Waals surface area (Å²) in [5.74, 6) is -1.92. The Labute approximate surface area is 398 Å². The summed E-state index contributed by atoms with van der Waals surface area (Å²) in [4.78, 5) is 84.6. The Balaban J connectivity index is 1.26. The van der Waals surface area contributed by atoms with E-state index in [0.717, 1.165) is 44.7 Å². The van der Waals surface area contributed by atoms with Crippen molar-refractivity contribution in [2.45, 2.75) is 124 Å². The summed E-state index contributed by atoms with van der Waals surface area (Å²) >= 11 is 1.40. The number of pyridine rings is 1. The molecule has 3 aromatic heterocycles. The van der Waals surface area contributed by atoms with Gasteiger partial charge in [0.25, 0.3) is 5.91 Å². The average molecular weight is 938 g/mol. The van der Waals surface area contributed by atoms with Gasteiger partial charge in [-0.2, -0.15) is 0 Å². The highest BCUT2D eigenvalue weighted by atomic mass is 32.1. The van der Waals surface area contributed by atoms with Crippen LogP contribution in [0.1, 0.15) is 90.6 Å². The van der Waals surface area contributed by atoms with Crippen molar-refractivity contribution in [2.75, 3.05) is 40.4 Å². The molecule has 0 spiro atoms. The number of likely N-dealkylation sites (N-methyl/N-ethyl adjacent to an activating group) is 1. The summed E-state index contributed by atoms with van der Waals surface area (Å²) in [5.41, 5.74) is 9.24. The van der Waals surface area contributed by atoms with Crippen molar-refractivity contribution in [3.63, 3.8) is 0 Å². The molecule has 0 radical (unpaired) electrons. The minimum atomic E-state index is -1.10. The van der Waals surface area contributed by atoms with Crippen molar-refractivity contribution in [1.29, 1.82) is 0 Å². The number of aryl methyl sites for hydroxylation is 1. The van der Waals surface area contributed by atoms with Crippen LogP contribution in [0.25, 0.3) is 33.4 Å². The highest BCUT2D eigenvalue weighted by Crippen LogP contribution is 2.42. The number of nitrogens with zero attached hydrogens (tertiary/aromatic N) is 7. The van der Waals surface area contributed by atoms with Gasteiger partial charge in [-0.1, -0.05) is 40.3 Å². The van der Waals surface area contributed by atoms with E-state index in [4.69, 9.17) is 19.4 Å². The molecule has 2 fully saturated rings. The predicted molar refractivity (Wildman–Crippen MR) is 259 cm³/mol. The number of hydrazine groups is 1. The van der Waals surface area contributed by atoms with E-state index in [2.05, 4.69) is 66.9 Å². The number of rotatable bonds is 9. The van der Waals surface area contributed by atoms with Crippen LogP contribution in [0.15, 0.2) is 54.6 Å². The predicted octanol–water partition coefficient (Wildman–Crippen LogP) is 6.39. The van der Waals surface area contributed by atoms with Gasteiger partial charge in [0.15, 0.2) is 0 Å². The molecule has 1 aromatic carbocycles. The Morgan fingerprint density at radius 1 is 1.12 bits per heavy atom. The number of esters is 1. The number of benzene rings is 1. The number of urea groups is 1. The van der Waals surface area contributed by atoms with Crippen molar-refractivity contribution >= 4 is 52.0 Å². The molecule has 6 bridgehead atoms. The molecule has 67 heavy (non-hydrogen) atoms. The molecule has 3 aliphatic rings. The van der Waals surface area contributed by atoms with Crippen molar-refractivity contribution in [2.24, 2.45) is 11.3 Å². The number of carbonyl (C=O) groups is 5. The second-order valence-corrected chi connectivity index (χ2v) is 20.3. The number of cyclic esters (lactones) is 1. The zero-order valence-electron chi connectivity index (χ0n) is 40.6. The summed E-state index contributed by atoms with van der Waals surface area (Å²) in [7, 11) is 3.28. The van der Waals surface area contributed by atoms with Gasteiger partial charge in [-0.25, -0.2) is 15.2 Å². The number of ether oxygens (including phenoxy) is 2. The molecule has 5 amide bonds. The molecule has 4 aromatic rings. The smallest absolute Gasteiger partial charge is 0.324 e. The molecule has 0 saturated carbocycles. The zero-order valence-corrected chi connectivity index (χ0v) is 41.4. The van der Waals surface area contributed by atoms with E-state index in [1.807, 2.05) is 46.1 Å². The van der Waals surface area contributed by atoms with E-state index in [1.54, 1.807) is 30.2 Å². The van der Waals surface area contributed by atoms with E-state index in [1.165, 1.54) is 27.3 Å². The number of hydrogen-bond donors (Lipinski definition) is 2. The molecule has 6 heterocycles. The standard InChI is InChI=1S/C50H67N9O7S/c1-12-42(60)57-25-31(6)58(26-30(57)5)49(64)55(10)44(29(3)4)46(61)53-38-23-41-52-39(27-67-41)33-18-19-40-35(22-33)36(45(56(40)13-2)34-16-14-20-51-43(34)32(7)65-11)24-50(8,9)28-66-48(63)37-17-15-21-59(54-37)47(38)62/h12,14,16,18-20,22,27,29-32,37-38,44,54H,1,13,15,17,21,23-26,28H2,2-11H3,(H,53,61)/t30-,31+,32-,37-,38-,44?/m0/s1. The van der Waals surface area contributed by atoms with Gasteiger partial charge in [-0.15, -0.1) is 11.3 Å². The lowest BCUT2D eigenvalue weighted by atomic mass is 9.84. The van der Waals surface area contributed by atoms with E-state index in [-0.39, 0.29) is 55.6 Å². The Kier molecular flexibility index (Phi) is 14.9. The van der Waals surface area contributed by atoms with Crippen molar-refractivity contribution < 1.29 is 33.4 Å². The van der Waals surface area contributed by atoms with Crippen molar-refractivity contribution in [1.82, 2.24) is 45.0 Å². The molecule has 360 valence electrons. The summed E-state index contributed by atoms with van der Waals surface area (Å²) < 4.78 is 14.2. The summed E-state index contributed by atoms with van der Waals surface area (Å²) in [5, 5.41) is 8.11. The van der Waals surface area contributed by atoms with Crippen LogP contribution < -0.4 is 10.7 Å². The van der Waals surface area contributed by atoms with Crippen LogP contribution in [0.3, 0.4) is 0 Å². The maximum absolute atomic E-state index is 14.7. The van der Waals surface area contributed by atoms with Gasteiger partial charge in [0, 0.05) is 97.9 Å². The van der Waals surface area contributed by atoms with Crippen LogP contribution in [0, 0.1) is 11.3 Å². The lowest BCUT2D eigenvalue weighted by Crippen LogP contribution is -2.64. The number of thiazole rings is 1. The molecular formula is C50H67N9O7S. The van der Waals surface area contributed by atoms with Crippen LogP contribution in [0.2, 0.25) is 0 Å². The Bertz CT molecular complexity index is 2520. The summed E-state index contributed by atoms with van der Waals surface area (Å²) in [6.07, 6.45) is 4.45. The quantitative estimate of drug-likeness (QED) is 0.142. The fourth-order valence-electron chi connectivity index (χ4n) is 9.89. The van der Waals surface area contributed by atoms with Gasteiger partial charge >= 0.3 is 12.0 Å². The monoisotopic (exact) mass is 937 g/mol. The SMILES string of the molecule is C=CC(=O)N1C[C@@H](C)N(C(=O)N(C)C(C(=O)N[C@H]2Cc3nc(cs3)-c3ccc4c(c3)c(c(-c3cccnc3[C@H](C)OC)n4CC)CC(C)(C)COC(=O)[C@@H]3CCCN(N3)C2=O)C(C)C)C[C@@H]1C. The van der Waals surface area contributed by atoms with E-state index in [0.29, 0.717) is 43.9 Å². The number of nitrogens with one attached hydrogen (secondary N) is 2. The second kappa shape index (κ2) is 20.3. The molecule has 3 aliphatic heterocycles. The first kappa shape index (κ1) is 49.3. The minimum absolute atomic E-state index is 0.0678. The number of hydrogen-bond acceptors (Lipinski definition) is 11. The molecular weight excluding hydrogens is 871 g/mol. The molecule has 16 nitrogen and oxygen atoms in total. The first-order valence-corrected chi connectivity index (χ1v) is 24.3. The highest BCUT2D eigenvalue weighted by molar-refractivity contribution is 7.10. The minimum Gasteiger partial charge on any atom is -0.464 e. The van der Waals surface area contributed by atoms with Gasteiger partial charge in [-0.05, 0) is 88.8 Å². The molecule has 2 N–H and O–H groups in total. The summed E-state index contributed by atoms with van der Waals surface area (Å²) in [6.45, 7) is 21.2. The second-order valence-electron chi connectivity index (χ2n) is 19.4. The van der Waals surface area contributed by atoms with Gasteiger partial charge in [0.2, 0.25) is 11.8 Å². The number of fused-ring (bicyclic) bond motifs is 6. The molecule has 2 saturated heterocycles. The fraction of sp³-hybridized carbons (Fsp3) is 0.540. The summed E-state index contributed by atoms with van der Waals surface area (Å²) in [6, 6.07) is 6.64. The van der Waals surface area contributed by atoms with E-state index in [9.17, 15) is 24.0 Å². The van der Waals surface area contributed by atoms with Crippen LogP contribution in [0.4, 0.5) is 4.79 Å². The van der Waals surface area contributed by atoms with E-state index >= 15 is 0 Å². The third-order valence-corrected chi connectivity index (χ3v) is 14.3. The Morgan fingerprint density at radius 2 is 1.85 bits per heavy atom. The van der Waals surface area contributed by atoms with Gasteiger partial charge < -0.3 is 34.1 Å². The van der Waals surface area contributed by atoms with Crippen molar-refractivity contribution in [3.05, 3.63) is 70.8 Å². The number of piperazine rings is 1. The maximum Gasteiger partial charge on any atom is 0.324 e. The lowest BCUT2D eigenvalue weighted by Gasteiger charge is -2.46. The average Bonchev–Trinajstić information content (AvgIpc) is 3.91. The van der Waals surface area contributed by atoms with Crippen LogP contribution >= 0.6 is 11.3 Å². The topological polar surface area (TPSA) is 172 Å². The Morgan fingerprint density at radius 3 is 2.55 bits per heavy atom. The number of methoxy groups -OCH3 is 1. The molecule has 1 unspecified atom stereocenters. The highest BCUT2D eigenvalue weighted by Gasteiger charge is 2.41. The lowest BCUT2D eigenvalue weighted by molar-refractivity contribution is -0.155. The molecule has 6 atom stereocenters. The molecule has 0 aliphatic carbocycles. The number of aromatic nitrogens is 3. The van der Waals surface area contributed by atoms with Crippen LogP contribution in [-0.2, 0) is 48.0 Å². The van der Waals surface area contributed by atoms with Crippen LogP contribution in [-0.4, -0.2) is 135 Å². The van der Waals surface area contributed by atoms with Gasteiger partial charge in [0.05, 0.1) is 34.8 Å². The van der Waals surface area contributed by atoms with Crippen molar-refractivity contribution in [3.8, 4) is 22.5 Å². The normalized spacial score (nSPS) is 22.2. The fourth-order valence-corrected chi connectivity index (χ4v) is 10.7. The van der Waals surface area contributed by atoms with Gasteiger partial charge in [0.1, 0.15) is 18.1 Å². The first-order valence-electron chi connectivity index (χ1n) is 23.5. The third-order valence-electron chi connectivity index (χ3n) is 13.5. The number of carbonyl (C=O) groups excluding carboxylic acids is 5. The largest absolute Gasteiger partial charge is 0.464 e. The Hall–Kier alpha value is -5.65. The molecule has 17 heteroatoms. The first-order chi connectivity index (χ1) is 31.9. The van der Waals surface area contributed by atoms with E-state index < -0.39 is 41.3 Å². The van der Waals surface area contributed by atoms with Gasteiger partial charge in [-0.3, -0.25) is 29.2 Å². The zero-order chi connectivity index (χ0) is 48.5. The number of amides is 5. The maximum atomic E-state index is 14.7.